The van der Waals surface area contributed by atoms with E-state index in [2.05, 4.69) is 24.9 Å². The van der Waals surface area contributed by atoms with E-state index in [-0.39, 0.29) is 19.5 Å². The molecule has 4 rings (SSSR count). The smallest absolute Gasteiger partial charge is 0.238 e. The first-order valence-electron chi connectivity index (χ1n) is 12.1. The molecule has 1 aliphatic heterocycles. The molecule has 2 aliphatic rings. The van der Waals surface area contributed by atoms with Gasteiger partial charge in [0.15, 0.2) is 5.82 Å². The molecule has 2 aromatic heterocycles. The molecule has 2 aromatic rings. The van der Waals surface area contributed by atoms with Gasteiger partial charge in [-0.25, -0.2) is 18.4 Å². The summed E-state index contributed by atoms with van der Waals surface area (Å²) in [5.41, 5.74) is 0.937. The zero-order chi connectivity index (χ0) is 26.0. The van der Waals surface area contributed by atoms with E-state index in [1.54, 1.807) is 19.3 Å². The first-order valence-corrected chi connectivity index (χ1v) is 13.7. The highest BCUT2D eigenvalue weighted by Gasteiger charge is 2.34. The van der Waals surface area contributed by atoms with Crippen LogP contribution in [0.25, 0.3) is 0 Å². The summed E-state index contributed by atoms with van der Waals surface area (Å²) in [6.07, 6.45) is 10.6. The predicted molar refractivity (Wildman–Crippen MR) is 136 cm³/mol. The van der Waals surface area contributed by atoms with Crippen molar-refractivity contribution in [2.45, 2.75) is 89.0 Å². The van der Waals surface area contributed by atoms with E-state index in [0.717, 1.165) is 64.1 Å². The number of hydrogen-bond acceptors (Lipinski definition) is 9. The van der Waals surface area contributed by atoms with Gasteiger partial charge in [0.05, 0.1) is 5.25 Å². The Hall–Kier alpha value is -2.15. The fourth-order valence-electron chi connectivity index (χ4n) is 4.41. The van der Waals surface area contributed by atoms with Gasteiger partial charge in [0.2, 0.25) is 16.0 Å². The Morgan fingerprint density at radius 3 is 2.23 bits per heavy atom. The monoisotopic (exact) mass is 514 g/mol. The second kappa shape index (κ2) is 13.8. The molecule has 12 heteroatoms. The van der Waals surface area contributed by atoms with Crippen LogP contribution >= 0.6 is 0 Å². The number of ether oxygens (including phenoxy) is 1. The highest BCUT2D eigenvalue weighted by atomic mass is 32.2. The van der Waals surface area contributed by atoms with Crippen molar-refractivity contribution in [3.05, 3.63) is 29.6 Å². The molecule has 1 saturated carbocycles. The molecule has 0 radical (unpaired) electrons. The molecule has 1 aliphatic carbocycles. The quantitative estimate of drug-likeness (QED) is 0.506. The molecule has 200 valence electrons. The summed E-state index contributed by atoms with van der Waals surface area (Å²) in [7, 11) is -1.74. The van der Waals surface area contributed by atoms with Crippen LogP contribution in [-0.4, -0.2) is 69.4 Å². The maximum Gasteiger partial charge on any atom is 0.238 e. The SMILES string of the molecule is CO.CO.Cc1cnc([C@@H](C)[C@H](C)S(=O)(=O)Nc2nnc(C3CCCO3)n2C2CCCCC2)nc1.[HH]. The van der Waals surface area contributed by atoms with Gasteiger partial charge in [0.1, 0.15) is 11.9 Å². The average Bonchev–Trinajstić information content (AvgIpc) is 3.56. The van der Waals surface area contributed by atoms with Crippen LogP contribution in [0, 0.1) is 6.92 Å². The number of nitrogens with zero attached hydrogens (tertiary/aromatic N) is 5. The van der Waals surface area contributed by atoms with Crippen molar-refractivity contribution in [3.63, 3.8) is 0 Å². The lowest BCUT2D eigenvalue weighted by molar-refractivity contribution is 0.0990. The summed E-state index contributed by atoms with van der Waals surface area (Å²) in [4.78, 5) is 8.63. The minimum atomic E-state index is -3.74. The Balaban J connectivity index is 0.00000123. The van der Waals surface area contributed by atoms with Gasteiger partial charge in [0.25, 0.3) is 0 Å². The number of anilines is 1. The number of aliphatic hydroxyl groups is 2. The van der Waals surface area contributed by atoms with Crippen LogP contribution in [0.15, 0.2) is 12.4 Å². The standard InChI is InChI=1S/C21H32N6O3S.2CH4O.H2/c1-14-12-22-19(23-13-14)15(2)16(3)31(28,29)26-21-25-24-20(18-10-7-11-30-18)27(21)17-8-5-4-6-9-17;2*1-2;/h12-13,15-18H,4-11H2,1-3H3,(H,25,26);2*2H,1H3;1H/t15-,16-,18?;;;/m0.../s1. The summed E-state index contributed by atoms with van der Waals surface area (Å²) in [5.74, 6) is 1.17. The molecule has 1 unspecified atom stereocenters. The van der Waals surface area contributed by atoms with Crippen LogP contribution in [0.4, 0.5) is 5.95 Å². The lowest BCUT2D eigenvalue weighted by Crippen LogP contribution is -2.32. The van der Waals surface area contributed by atoms with Crippen LogP contribution in [0.2, 0.25) is 0 Å². The third-order valence-electron chi connectivity index (χ3n) is 6.52. The van der Waals surface area contributed by atoms with Gasteiger partial charge in [-0.1, -0.05) is 26.2 Å². The molecular weight excluding hydrogens is 472 g/mol. The number of sulfonamides is 1. The van der Waals surface area contributed by atoms with Crippen LogP contribution in [0.1, 0.15) is 95.5 Å². The summed E-state index contributed by atoms with van der Waals surface area (Å²) in [5, 5.41) is 21.9. The summed E-state index contributed by atoms with van der Waals surface area (Å²) >= 11 is 0. The number of aryl methyl sites for hydroxylation is 1. The van der Waals surface area contributed by atoms with Crippen LogP contribution in [-0.2, 0) is 14.8 Å². The van der Waals surface area contributed by atoms with E-state index >= 15 is 0 Å². The molecule has 0 aromatic carbocycles. The lowest BCUT2D eigenvalue weighted by atomic mass is 9.95. The van der Waals surface area contributed by atoms with E-state index in [0.29, 0.717) is 18.4 Å². The van der Waals surface area contributed by atoms with E-state index in [9.17, 15) is 8.42 Å². The zero-order valence-corrected chi connectivity index (χ0v) is 22.2. The van der Waals surface area contributed by atoms with Gasteiger partial charge in [-0.3, -0.25) is 9.29 Å². The molecule has 11 nitrogen and oxygen atoms in total. The molecule has 2 fully saturated rings. The van der Waals surface area contributed by atoms with Crippen molar-refractivity contribution in [1.82, 2.24) is 24.7 Å². The maximum atomic E-state index is 13.3. The molecular formula is C23H42N6O5S. The Labute approximate surface area is 209 Å². The second-order valence-electron chi connectivity index (χ2n) is 8.80. The minimum Gasteiger partial charge on any atom is -0.400 e. The molecule has 35 heavy (non-hydrogen) atoms. The van der Waals surface area contributed by atoms with Gasteiger partial charge in [-0.2, -0.15) is 0 Å². The van der Waals surface area contributed by atoms with Gasteiger partial charge in [-0.15, -0.1) is 10.2 Å². The van der Waals surface area contributed by atoms with Gasteiger partial charge >= 0.3 is 0 Å². The first-order chi connectivity index (χ1) is 16.9. The summed E-state index contributed by atoms with van der Waals surface area (Å²) in [6, 6.07) is 0.189. The molecule has 0 spiro atoms. The fraction of sp³-hybridized carbons (Fsp3) is 0.739. The highest BCUT2D eigenvalue weighted by molar-refractivity contribution is 7.93. The molecule has 3 heterocycles. The predicted octanol–water partition coefficient (Wildman–Crippen LogP) is 3.13. The largest absolute Gasteiger partial charge is 0.400 e. The van der Waals surface area contributed by atoms with Crippen molar-refractivity contribution >= 4 is 16.0 Å². The minimum absolute atomic E-state index is 0. The normalized spacial score (nSPS) is 20.1. The van der Waals surface area contributed by atoms with E-state index in [1.165, 1.54) is 6.42 Å². The van der Waals surface area contributed by atoms with Crippen molar-refractivity contribution in [3.8, 4) is 0 Å². The van der Waals surface area contributed by atoms with Crippen LogP contribution < -0.4 is 4.72 Å². The maximum absolute atomic E-state index is 13.3. The Kier molecular flexibility index (Phi) is 11.5. The Bertz CT molecular complexity index is 993. The molecule has 3 atom stereocenters. The third-order valence-corrected chi connectivity index (χ3v) is 8.37. The summed E-state index contributed by atoms with van der Waals surface area (Å²) in [6.45, 7) is 6.12. The van der Waals surface area contributed by atoms with Crippen molar-refractivity contribution in [2.75, 3.05) is 25.5 Å². The zero-order valence-electron chi connectivity index (χ0n) is 21.4. The Morgan fingerprint density at radius 1 is 1.03 bits per heavy atom. The van der Waals surface area contributed by atoms with Crippen LogP contribution in [0.3, 0.4) is 0 Å². The van der Waals surface area contributed by atoms with E-state index in [4.69, 9.17) is 14.9 Å². The lowest BCUT2D eigenvalue weighted by Gasteiger charge is -2.27. The number of aromatic nitrogens is 5. The van der Waals surface area contributed by atoms with E-state index in [1.807, 2.05) is 18.4 Å². The molecule has 0 amide bonds. The Morgan fingerprint density at radius 2 is 1.66 bits per heavy atom. The number of nitrogens with one attached hydrogen (secondary N) is 1. The molecule has 1 saturated heterocycles. The average molecular weight is 515 g/mol. The van der Waals surface area contributed by atoms with Gasteiger partial charge in [-0.05, 0) is 45.1 Å². The number of hydrogen-bond donors (Lipinski definition) is 3. The van der Waals surface area contributed by atoms with Gasteiger partial charge in [0, 0.05) is 46.6 Å². The fourth-order valence-corrected chi connectivity index (χ4v) is 5.65. The first kappa shape index (κ1) is 29.1. The topological polar surface area (TPSA) is 152 Å². The number of rotatable bonds is 7. The third kappa shape index (κ3) is 7.18. The van der Waals surface area contributed by atoms with Crippen LogP contribution in [0.5, 0.6) is 0 Å². The molecule has 0 bridgehead atoms. The van der Waals surface area contributed by atoms with Gasteiger partial charge < -0.3 is 14.9 Å². The van der Waals surface area contributed by atoms with Crippen molar-refractivity contribution < 1.29 is 24.8 Å². The number of aliphatic hydroxyl groups excluding tert-OH is 2. The van der Waals surface area contributed by atoms with E-state index < -0.39 is 15.3 Å². The molecule has 3 N–H and O–H groups in total. The van der Waals surface area contributed by atoms with Crippen molar-refractivity contribution in [2.24, 2.45) is 0 Å². The second-order valence-corrected chi connectivity index (χ2v) is 10.8. The highest BCUT2D eigenvalue weighted by Crippen LogP contribution is 2.36. The summed E-state index contributed by atoms with van der Waals surface area (Å²) < 4.78 is 37.1. The van der Waals surface area contributed by atoms with Crippen molar-refractivity contribution in [1.29, 1.82) is 0 Å².